The average molecular weight is 280 g/mol. The van der Waals surface area contributed by atoms with Gasteiger partial charge in [-0.05, 0) is 55.6 Å². The highest BCUT2D eigenvalue weighted by Crippen LogP contribution is 2.25. The van der Waals surface area contributed by atoms with Crippen molar-refractivity contribution >= 4 is 5.69 Å². The molecule has 1 atom stereocenters. The molecule has 1 heterocycles. The average Bonchev–Trinajstić information content (AvgIpc) is 2.52. The maximum Gasteiger partial charge on any atom is 0.0501 e. The van der Waals surface area contributed by atoms with Gasteiger partial charge in [-0.15, -0.1) is 0 Å². The van der Waals surface area contributed by atoms with E-state index in [4.69, 9.17) is 0 Å². The fourth-order valence-electron chi connectivity index (χ4n) is 3.22. The third-order valence-corrected chi connectivity index (χ3v) is 4.37. The molecule has 3 rings (SSSR count). The Morgan fingerprint density at radius 2 is 2.00 bits per heavy atom. The van der Waals surface area contributed by atoms with Crippen molar-refractivity contribution in [3.63, 3.8) is 0 Å². The number of hydrogen-bond acceptors (Lipinski definition) is 2. The largest absolute Gasteiger partial charge is 0.370 e. The predicted molar refractivity (Wildman–Crippen MR) is 90.0 cm³/mol. The van der Waals surface area contributed by atoms with Crippen LogP contribution in [0.2, 0.25) is 0 Å². The van der Waals surface area contributed by atoms with Gasteiger partial charge in [0.1, 0.15) is 0 Å². The van der Waals surface area contributed by atoms with Crippen LogP contribution in [0.5, 0.6) is 0 Å². The number of hydrogen-bond donors (Lipinski definition) is 1. The van der Waals surface area contributed by atoms with E-state index in [1.54, 1.807) is 0 Å². The van der Waals surface area contributed by atoms with Crippen LogP contribution in [0.3, 0.4) is 0 Å². The second-order valence-corrected chi connectivity index (χ2v) is 5.83. The Balaban J connectivity index is 1.82. The number of nitrogens with one attached hydrogen (secondary N) is 1. The fourth-order valence-corrected chi connectivity index (χ4v) is 3.22. The van der Waals surface area contributed by atoms with Gasteiger partial charge in [0.25, 0.3) is 0 Å². The molecule has 0 saturated carbocycles. The molecular weight excluding hydrogens is 256 g/mol. The summed E-state index contributed by atoms with van der Waals surface area (Å²) in [6.45, 7) is 7.52. The summed E-state index contributed by atoms with van der Waals surface area (Å²) < 4.78 is 0. The van der Waals surface area contributed by atoms with E-state index < -0.39 is 0 Å². The van der Waals surface area contributed by atoms with Gasteiger partial charge in [0.05, 0.1) is 6.04 Å². The van der Waals surface area contributed by atoms with Gasteiger partial charge in [-0.2, -0.15) is 0 Å². The van der Waals surface area contributed by atoms with Gasteiger partial charge in [0.2, 0.25) is 0 Å². The SMILES string of the molecule is CCN(CC1NCCc2ccccc21)c1cccc(C)c1. The molecule has 2 heteroatoms. The molecule has 0 bridgehead atoms. The van der Waals surface area contributed by atoms with Crippen molar-refractivity contribution in [3.8, 4) is 0 Å². The fraction of sp³-hybridized carbons (Fsp3) is 0.368. The lowest BCUT2D eigenvalue weighted by Gasteiger charge is -2.33. The minimum absolute atomic E-state index is 0.426. The van der Waals surface area contributed by atoms with E-state index in [9.17, 15) is 0 Å². The second-order valence-electron chi connectivity index (χ2n) is 5.83. The molecular formula is C19H24N2. The summed E-state index contributed by atoms with van der Waals surface area (Å²) in [4.78, 5) is 2.47. The second kappa shape index (κ2) is 6.31. The maximum absolute atomic E-state index is 3.68. The van der Waals surface area contributed by atoms with Crippen molar-refractivity contribution in [1.29, 1.82) is 0 Å². The van der Waals surface area contributed by atoms with Crippen molar-refractivity contribution < 1.29 is 0 Å². The summed E-state index contributed by atoms with van der Waals surface area (Å²) >= 11 is 0. The predicted octanol–water partition coefficient (Wildman–Crippen LogP) is 3.71. The highest BCUT2D eigenvalue weighted by Gasteiger charge is 2.21. The zero-order valence-electron chi connectivity index (χ0n) is 13.0. The van der Waals surface area contributed by atoms with Crippen LogP contribution in [0.4, 0.5) is 5.69 Å². The van der Waals surface area contributed by atoms with Gasteiger partial charge in [-0.3, -0.25) is 0 Å². The van der Waals surface area contributed by atoms with Crippen LogP contribution in [0.15, 0.2) is 48.5 Å². The molecule has 0 saturated heterocycles. The molecule has 1 aliphatic heterocycles. The van der Waals surface area contributed by atoms with Gasteiger partial charge in [-0.1, -0.05) is 36.4 Å². The summed E-state index contributed by atoms with van der Waals surface area (Å²) in [5.74, 6) is 0. The number of anilines is 1. The Labute approximate surface area is 127 Å². The molecule has 0 spiro atoms. The van der Waals surface area contributed by atoms with E-state index in [-0.39, 0.29) is 0 Å². The minimum atomic E-state index is 0.426. The number of fused-ring (bicyclic) bond motifs is 1. The number of aryl methyl sites for hydroxylation is 1. The molecule has 0 amide bonds. The van der Waals surface area contributed by atoms with Crippen molar-refractivity contribution in [2.75, 3.05) is 24.5 Å². The molecule has 2 aromatic carbocycles. The van der Waals surface area contributed by atoms with Gasteiger partial charge < -0.3 is 10.2 Å². The lowest BCUT2D eigenvalue weighted by Crippen LogP contribution is -2.39. The lowest BCUT2D eigenvalue weighted by molar-refractivity contribution is 0.498. The number of rotatable bonds is 4. The third kappa shape index (κ3) is 3.11. The molecule has 0 radical (unpaired) electrons. The van der Waals surface area contributed by atoms with E-state index in [1.165, 1.54) is 22.4 Å². The topological polar surface area (TPSA) is 15.3 Å². The molecule has 21 heavy (non-hydrogen) atoms. The van der Waals surface area contributed by atoms with Crippen molar-refractivity contribution in [3.05, 3.63) is 65.2 Å². The number of likely N-dealkylation sites (N-methyl/N-ethyl adjacent to an activating group) is 1. The Hall–Kier alpha value is -1.80. The summed E-state index contributed by atoms with van der Waals surface area (Å²) in [5, 5.41) is 3.68. The summed E-state index contributed by atoms with van der Waals surface area (Å²) in [6.07, 6.45) is 1.14. The Bertz CT molecular complexity index is 606. The van der Waals surface area contributed by atoms with Crippen molar-refractivity contribution in [2.24, 2.45) is 0 Å². The van der Waals surface area contributed by atoms with E-state index in [0.717, 1.165) is 26.1 Å². The lowest BCUT2D eigenvalue weighted by atomic mass is 9.94. The first-order valence-corrected chi connectivity index (χ1v) is 7.90. The molecule has 110 valence electrons. The van der Waals surface area contributed by atoms with Crippen LogP contribution in [-0.4, -0.2) is 19.6 Å². The molecule has 0 fully saturated rings. The Morgan fingerprint density at radius 3 is 2.81 bits per heavy atom. The molecule has 0 aliphatic carbocycles. The number of nitrogens with zero attached hydrogens (tertiary/aromatic N) is 1. The smallest absolute Gasteiger partial charge is 0.0501 e. The highest BCUT2D eigenvalue weighted by atomic mass is 15.2. The minimum Gasteiger partial charge on any atom is -0.370 e. The van der Waals surface area contributed by atoms with Crippen LogP contribution in [0, 0.1) is 6.92 Å². The van der Waals surface area contributed by atoms with E-state index in [0.29, 0.717) is 6.04 Å². The highest BCUT2D eigenvalue weighted by molar-refractivity contribution is 5.49. The quantitative estimate of drug-likeness (QED) is 0.918. The first-order chi connectivity index (χ1) is 10.3. The summed E-state index contributed by atoms with van der Waals surface area (Å²) in [6, 6.07) is 18.1. The van der Waals surface area contributed by atoms with Crippen molar-refractivity contribution in [1.82, 2.24) is 5.32 Å². The van der Waals surface area contributed by atoms with Gasteiger partial charge in [0.15, 0.2) is 0 Å². The zero-order chi connectivity index (χ0) is 14.7. The first-order valence-electron chi connectivity index (χ1n) is 7.90. The Morgan fingerprint density at radius 1 is 1.14 bits per heavy atom. The molecule has 2 aromatic rings. The monoisotopic (exact) mass is 280 g/mol. The van der Waals surface area contributed by atoms with Gasteiger partial charge in [-0.25, -0.2) is 0 Å². The molecule has 1 aliphatic rings. The third-order valence-electron chi connectivity index (χ3n) is 4.37. The van der Waals surface area contributed by atoms with E-state index in [1.807, 2.05) is 0 Å². The Kier molecular flexibility index (Phi) is 4.26. The normalized spacial score (nSPS) is 17.3. The summed E-state index contributed by atoms with van der Waals surface area (Å²) in [7, 11) is 0. The molecule has 0 aromatic heterocycles. The van der Waals surface area contributed by atoms with Crippen LogP contribution in [-0.2, 0) is 6.42 Å². The molecule has 1 N–H and O–H groups in total. The van der Waals surface area contributed by atoms with Crippen LogP contribution < -0.4 is 10.2 Å². The van der Waals surface area contributed by atoms with Crippen LogP contribution >= 0.6 is 0 Å². The maximum atomic E-state index is 3.68. The molecule has 1 unspecified atom stereocenters. The zero-order valence-corrected chi connectivity index (χ0v) is 13.0. The van der Waals surface area contributed by atoms with Crippen LogP contribution in [0.1, 0.15) is 29.7 Å². The van der Waals surface area contributed by atoms with Crippen LogP contribution in [0.25, 0.3) is 0 Å². The summed E-state index contributed by atoms with van der Waals surface area (Å²) in [5.41, 5.74) is 5.61. The standard InChI is InChI=1S/C19H24N2/c1-3-21(17-9-6-7-15(2)13-17)14-19-18-10-5-4-8-16(18)11-12-20-19/h4-10,13,19-20H,3,11-12,14H2,1-2H3. The molecule has 2 nitrogen and oxygen atoms in total. The van der Waals surface area contributed by atoms with Gasteiger partial charge in [0, 0.05) is 18.8 Å². The van der Waals surface area contributed by atoms with Crippen molar-refractivity contribution in [2.45, 2.75) is 26.3 Å². The van der Waals surface area contributed by atoms with E-state index in [2.05, 4.69) is 72.6 Å². The van der Waals surface area contributed by atoms with E-state index >= 15 is 0 Å². The first kappa shape index (κ1) is 14.2. The van der Waals surface area contributed by atoms with Gasteiger partial charge >= 0.3 is 0 Å². The number of benzene rings is 2.